The SMILES string of the molecule is CCC(O)C(CO)c1c(Br)ccc(Oc2ccc(C#N)c(OC)n2)c1F. The van der Waals surface area contributed by atoms with Gasteiger partial charge in [-0.25, -0.2) is 4.39 Å². The molecule has 2 rings (SSSR count). The van der Waals surface area contributed by atoms with Crippen LogP contribution in [0.15, 0.2) is 28.7 Å². The van der Waals surface area contributed by atoms with Gasteiger partial charge in [0.15, 0.2) is 11.6 Å². The largest absolute Gasteiger partial charge is 0.480 e. The number of aliphatic hydroxyl groups excluding tert-OH is 2. The average molecular weight is 425 g/mol. The Kier molecular flexibility index (Phi) is 6.91. The lowest BCUT2D eigenvalue weighted by atomic mass is 9.92. The highest BCUT2D eigenvalue weighted by atomic mass is 79.9. The van der Waals surface area contributed by atoms with Gasteiger partial charge < -0.3 is 19.7 Å². The molecule has 6 nitrogen and oxygen atoms in total. The Labute approximate surface area is 159 Å². The summed E-state index contributed by atoms with van der Waals surface area (Å²) in [6, 6.07) is 7.78. The Bertz CT molecular complexity index is 826. The molecular weight excluding hydrogens is 407 g/mol. The van der Waals surface area contributed by atoms with Gasteiger partial charge in [-0.2, -0.15) is 10.2 Å². The third kappa shape index (κ3) is 4.12. The fourth-order valence-electron chi connectivity index (χ4n) is 2.49. The van der Waals surface area contributed by atoms with E-state index < -0.39 is 24.4 Å². The summed E-state index contributed by atoms with van der Waals surface area (Å²) < 4.78 is 25.9. The number of ether oxygens (including phenoxy) is 2. The summed E-state index contributed by atoms with van der Waals surface area (Å²) in [7, 11) is 1.36. The van der Waals surface area contributed by atoms with Gasteiger partial charge in [-0.05, 0) is 24.6 Å². The van der Waals surface area contributed by atoms with Gasteiger partial charge in [0, 0.05) is 22.0 Å². The Morgan fingerprint density at radius 2 is 2.08 bits per heavy atom. The van der Waals surface area contributed by atoms with Crippen molar-refractivity contribution in [1.82, 2.24) is 4.98 Å². The standard InChI is InChI=1S/C18H18BrFN2O4/c1-3-13(24)11(9-23)16-12(19)5-6-14(17(16)20)26-15-7-4-10(8-21)18(22-15)25-2/h4-7,11,13,23-24H,3,9H2,1-2H3. The van der Waals surface area contributed by atoms with E-state index in [-0.39, 0.29) is 28.6 Å². The van der Waals surface area contributed by atoms with E-state index in [1.807, 2.05) is 6.07 Å². The molecule has 0 saturated heterocycles. The number of pyridine rings is 1. The maximum absolute atomic E-state index is 15.0. The molecular formula is C18H18BrFN2O4. The van der Waals surface area contributed by atoms with Gasteiger partial charge in [0.1, 0.15) is 11.6 Å². The van der Waals surface area contributed by atoms with Crippen LogP contribution in [-0.4, -0.2) is 35.0 Å². The minimum atomic E-state index is -0.908. The van der Waals surface area contributed by atoms with Gasteiger partial charge in [0.05, 0.1) is 19.8 Å². The predicted molar refractivity (Wildman–Crippen MR) is 95.8 cm³/mol. The first-order chi connectivity index (χ1) is 12.5. The number of aliphatic hydroxyl groups is 2. The number of aromatic nitrogens is 1. The van der Waals surface area contributed by atoms with Crippen LogP contribution in [0, 0.1) is 17.1 Å². The van der Waals surface area contributed by atoms with Crippen molar-refractivity contribution in [2.45, 2.75) is 25.4 Å². The second kappa shape index (κ2) is 8.94. The summed E-state index contributed by atoms with van der Waals surface area (Å²) >= 11 is 3.26. The minimum Gasteiger partial charge on any atom is -0.480 e. The molecule has 1 aromatic heterocycles. The van der Waals surface area contributed by atoms with E-state index in [1.165, 1.54) is 25.3 Å². The van der Waals surface area contributed by atoms with E-state index in [1.54, 1.807) is 13.0 Å². The molecule has 0 bridgehead atoms. The summed E-state index contributed by atoms with van der Waals surface area (Å²) in [5.74, 6) is -1.52. The van der Waals surface area contributed by atoms with Gasteiger partial charge in [0.2, 0.25) is 11.8 Å². The summed E-state index contributed by atoms with van der Waals surface area (Å²) in [6.07, 6.45) is -0.550. The minimum absolute atomic E-state index is 0.0459. The van der Waals surface area contributed by atoms with Crippen molar-refractivity contribution < 1.29 is 24.1 Å². The zero-order chi connectivity index (χ0) is 19.3. The smallest absolute Gasteiger partial charge is 0.234 e. The van der Waals surface area contributed by atoms with Crippen molar-refractivity contribution in [3.8, 4) is 23.6 Å². The van der Waals surface area contributed by atoms with Crippen LogP contribution >= 0.6 is 15.9 Å². The van der Waals surface area contributed by atoms with Gasteiger partial charge >= 0.3 is 0 Å². The van der Waals surface area contributed by atoms with Gasteiger partial charge in [-0.1, -0.05) is 22.9 Å². The number of hydrogen-bond donors (Lipinski definition) is 2. The van der Waals surface area contributed by atoms with E-state index in [2.05, 4.69) is 20.9 Å². The van der Waals surface area contributed by atoms with Crippen molar-refractivity contribution in [1.29, 1.82) is 5.26 Å². The Hall–Kier alpha value is -2.21. The molecule has 0 aliphatic rings. The Morgan fingerprint density at radius 3 is 2.65 bits per heavy atom. The van der Waals surface area contributed by atoms with E-state index in [0.29, 0.717) is 10.9 Å². The molecule has 2 atom stereocenters. The molecule has 138 valence electrons. The van der Waals surface area contributed by atoms with Crippen LogP contribution in [0.1, 0.15) is 30.4 Å². The molecule has 1 aromatic carbocycles. The second-order valence-corrected chi connectivity index (χ2v) is 6.31. The third-order valence-electron chi connectivity index (χ3n) is 3.90. The number of halogens is 2. The molecule has 0 aliphatic heterocycles. The number of nitriles is 1. The number of benzene rings is 1. The second-order valence-electron chi connectivity index (χ2n) is 5.46. The molecule has 26 heavy (non-hydrogen) atoms. The molecule has 0 saturated carbocycles. The average Bonchev–Trinajstić information content (AvgIpc) is 2.66. The fraction of sp³-hybridized carbons (Fsp3) is 0.333. The maximum Gasteiger partial charge on any atom is 0.234 e. The number of nitrogens with zero attached hydrogens (tertiary/aromatic N) is 2. The normalized spacial score (nSPS) is 13.0. The molecule has 2 N–H and O–H groups in total. The number of rotatable bonds is 7. The third-order valence-corrected chi connectivity index (χ3v) is 4.60. The van der Waals surface area contributed by atoms with Crippen molar-refractivity contribution in [2.24, 2.45) is 0 Å². The summed E-state index contributed by atoms with van der Waals surface area (Å²) in [6.45, 7) is 1.32. The summed E-state index contributed by atoms with van der Waals surface area (Å²) in [4.78, 5) is 4.02. The topological polar surface area (TPSA) is 95.6 Å². The summed E-state index contributed by atoms with van der Waals surface area (Å²) in [5, 5.41) is 28.6. The zero-order valence-corrected chi connectivity index (χ0v) is 15.8. The molecule has 0 spiro atoms. The highest BCUT2D eigenvalue weighted by Crippen LogP contribution is 2.37. The van der Waals surface area contributed by atoms with Crippen molar-refractivity contribution >= 4 is 15.9 Å². The van der Waals surface area contributed by atoms with E-state index >= 15 is 0 Å². The van der Waals surface area contributed by atoms with Crippen LogP contribution in [0.3, 0.4) is 0 Å². The highest BCUT2D eigenvalue weighted by Gasteiger charge is 2.27. The quantitative estimate of drug-likeness (QED) is 0.705. The molecule has 8 heteroatoms. The first kappa shape index (κ1) is 20.1. The highest BCUT2D eigenvalue weighted by molar-refractivity contribution is 9.10. The first-order valence-electron chi connectivity index (χ1n) is 7.86. The summed E-state index contributed by atoms with van der Waals surface area (Å²) in [5.41, 5.74) is 0.350. The Balaban J connectivity index is 2.43. The molecule has 1 heterocycles. The Morgan fingerprint density at radius 1 is 1.35 bits per heavy atom. The van der Waals surface area contributed by atoms with E-state index in [4.69, 9.17) is 14.7 Å². The van der Waals surface area contributed by atoms with Crippen LogP contribution in [0.25, 0.3) is 0 Å². The van der Waals surface area contributed by atoms with Crippen LogP contribution < -0.4 is 9.47 Å². The lowest BCUT2D eigenvalue weighted by Gasteiger charge is -2.22. The van der Waals surface area contributed by atoms with Crippen LogP contribution in [0.2, 0.25) is 0 Å². The maximum atomic E-state index is 15.0. The molecule has 0 aliphatic carbocycles. The predicted octanol–water partition coefficient (Wildman–Crippen LogP) is 3.50. The monoisotopic (exact) mass is 424 g/mol. The molecule has 0 radical (unpaired) electrons. The van der Waals surface area contributed by atoms with Gasteiger partial charge in [-0.3, -0.25) is 0 Å². The molecule has 2 aromatic rings. The van der Waals surface area contributed by atoms with Crippen LogP contribution in [0.5, 0.6) is 17.5 Å². The molecule has 2 unspecified atom stereocenters. The fourth-order valence-corrected chi connectivity index (χ4v) is 3.09. The van der Waals surface area contributed by atoms with Crippen LogP contribution in [0.4, 0.5) is 4.39 Å². The van der Waals surface area contributed by atoms with E-state index in [9.17, 15) is 14.6 Å². The molecule has 0 fully saturated rings. The van der Waals surface area contributed by atoms with Gasteiger partial charge in [-0.15, -0.1) is 0 Å². The van der Waals surface area contributed by atoms with Crippen LogP contribution in [-0.2, 0) is 0 Å². The van der Waals surface area contributed by atoms with E-state index in [0.717, 1.165) is 0 Å². The van der Waals surface area contributed by atoms with Gasteiger partial charge in [0.25, 0.3) is 0 Å². The van der Waals surface area contributed by atoms with Crippen molar-refractivity contribution in [2.75, 3.05) is 13.7 Å². The number of methoxy groups -OCH3 is 1. The first-order valence-corrected chi connectivity index (χ1v) is 8.65. The molecule has 0 amide bonds. The van der Waals surface area contributed by atoms with Crippen molar-refractivity contribution in [3.63, 3.8) is 0 Å². The van der Waals surface area contributed by atoms with Crippen molar-refractivity contribution in [3.05, 3.63) is 45.7 Å². The zero-order valence-electron chi connectivity index (χ0n) is 14.2. The number of hydrogen-bond acceptors (Lipinski definition) is 6. The lowest BCUT2D eigenvalue weighted by molar-refractivity contribution is 0.101. The lowest BCUT2D eigenvalue weighted by Crippen LogP contribution is -2.22.